The second kappa shape index (κ2) is 5.14. The number of halogens is 1. The van der Waals surface area contributed by atoms with E-state index in [1.807, 2.05) is 0 Å². The predicted molar refractivity (Wildman–Crippen MR) is 58.0 cm³/mol. The minimum Gasteiger partial charge on any atom is -0.399 e. The zero-order valence-electron chi connectivity index (χ0n) is 8.29. The molecule has 0 saturated heterocycles. The van der Waals surface area contributed by atoms with Crippen LogP contribution >= 0.6 is 0 Å². The molecule has 0 spiro atoms. The van der Waals surface area contributed by atoms with Crippen molar-refractivity contribution < 1.29 is 9.18 Å². The third kappa shape index (κ3) is 3.42. The summed E-state index contributed by atoms with van der Waals surface area (Å²) in [5.74, 6) is -0.841. The minimum atomic E-state index is -0.510. The first-order valence-electron chi connectivity index (χ1n) is 4.58. The second-order valence-electron chi connectivity index (χ2n) is 3.11. The fourth-order valence-electron chi connectivity index (χ4n) is 1.13. The van der Waals surface area contributed by atoms with Crippen LogP contribution in [0.2, 0.25) is 0 Å². The van der Waals surface area contributed by atoms with Crippen LogP contribution in [0.3, 0.4) is 0 Å². The Morgan fingerprint density at radius 1 is 1.53 bits per heavy atom. The number of nitrogens with two attached hydrogens (primary N) is 1. The van der Waals surface area contributed by atoms with E-state index < -0.39 is 5.82 Å². The van der Waals surface area contributed by atoms with Crippen molar-refractivity contribution in [2.75, 3.05) is 12.3 Å². The highest BCUT2D eigenvalue weighted by Crippen LogP contribution is 2.10. The predicted octanol–water partition coefficient (Wildman–Crippen LogP) is 1.71. The van der Waals surface area contributed by atoms with E-state index in [4.69, 9.17) is 5.73 Å². The number of nitrogens with one attached hydrogen (secondary N) is 1. The molecule has 3 N–H and O–H groups in total. The first-order chi connectivity index (χ1) is 7.13. The van der Waals surface area contributed by atoms with Gasteiger partial charge in [-0.2, -0.15) is 0 Å². The van der Waals surface area contributed by atoms with Crippen molar-refractivity contribution in [1.82, 2.24) is 5.32 Å². The topological polar surface area (TPSA) is 55.1 Å². The summed E-state index contributed by atoms with van der Waals surface area (Å²) in [7, 11) is 0. The molecule has 0 fully saturated rings. The smallest absolute Gasteiger partial charge is 0.251 e. The molecule has 0 bridgehead atoms. The molecule has 1 aromatic carbocycles. The quantitative estimate of drug-likeness (QED) is 0.449. The Kier molecular flexibility index (Phi) is 3.85. The number of anilines is 1. The first-order valence-corrected chi connectivity index (χ1v) is 4.58. The Morgan fingerprint density at radius 3 is 2.87 bits per heavy atom. The number of nitrogen functional groups attached to an aromatic ring is 1. The molecule has 0 radical (unpaired) electrons. The van der Waals surface area contributed by atoms with E-state index in [1.165, 1.54) is 12.1 Å². The van der Waals surface area contributed by atoms with Crippen LogP contribution in [0.5, 0.6) is 0 Å². The van der Waals surface area contributed by atoms with Gasteiger partial charge in [-0.25, -0.2) is 4.39 Å². The van der Waals surface area contributed by atoms with Crippen molar-refractivity contribution in [2.45, 2.75) is 6.42 Å². The van der Waals surface area contributed by atoms with E-state index in [0.29, 0.717) is 13.0 Å². The van der Waals surface area contributed by atoms with Gasteiger partial charge in [0.05, 0.1) is 0 Å². The molecule has 0 aliphatic rings. The molecule has 80 valence electrons. The lowest BCUT2D eigenvalue weighted by Gasteiger charge is -2.04. The lowest BCUT2D eigenvalue weighted by atomic mass is 10.2. The maximum Gasteiger partial charge on any atom is 0.251 e. The Bertz CT molecular complexity index is 357. The SMILES string of the molecule is C=CCCNC(=O)c1cc(N)cc(F)c1. The third-order valence-electron chi connectivity index (χ3n) is 1.82. The van der Waals surface area contributed by atoms with Gasteiger partial charge in [0, 0.05) is 17.8 Å². The minimum absolute atomic E-state index is 0.233. The van der Waals surface area contributed by atoms with E-state index >= 15 is 0 Å². The van der Waals surface area contributed by atoms with Gasteiger partial charge in [0.2, 0.25) is 0 Å². The van der Waals surface area contributed by atoms with Crippen LogP contribution in [-0.2, 0) is 0 Å². The highest BCUT2D eigenvalue weighted by atomic mass is 19.1. The monoisotopic (exact) mass is 208 g/mol. The lowest BCUT2D eigenvalue weighted by molar-refractivity contribution is 0.0954. The van der Waals surface area contributed by atoms with Crippen molar-refractivity contribution in [3.63, 3.8) is 0 Å². The molecule has 1 amide bonds. The van der Waals surface area contributed by atoms with Crippen molar-refractivity contribution in [3.8, 4) is 0 Å². The number of amides is 1. The van der Waals surface area contributed by atoms with Crippen LogP contribution in [0.4, 0.5) is 10.1 Å². The number of carbonyl (C=O) groups excluding carboxylic acids is 1. The van der Waals surface area contributed by atoms with Gasteiger partial charge in [0.25, 0.3) is 5.91 Å². The van der Waals surface area contributed by atoms with Gasteiger partial charge in [-0.05, 0) is 24.6 Å². The van der Waals surface area contributed by atoms with Gasteiger partial charge < -0.3 is 11.1 Å². The van der Waals surface area contributed by atoms with Crippen LogP contribution in [0.15, 0.2) is 30.9 Å². The van der Waals surface area contributed by atoms with Crippen molar-refractivity contribution in [3.05, 3.63) is 42.2 Å². The van der Waals surface area contributed by atoms with E-state index in [9.17, 15) is 9.18 Å². The Morgan fingerprint density at radius 2 is 2.27 bits per heavy atom. The summed E-state index contributed by atoms with van der Waals surface area (Å²) < 4.78 is 12.9. The molecule has 0 aliphatic heterocycles. The maximum absolute atomic E-state index is 12.9. The highest BCUT2D eigenvalue weighted by molar-refractivity contribution is 5.95. The molecule has 3 nitrogen and oxygen atoms in total. The highest BCUT2D eigenvalue weighted by Gasteiger charge is 2.06. The van der Waals surface area contributed by atoms with Crippen molar-refractivity contribution in [1.29, 1.82) is 0 Å². The van der Waals surface area contributed by atoms with Gasteiger partial charge in [0.1, 0.15) is 5.82 Å². The summed E-state index contributed by atoms with van der Waals surface area (Å²) >= 11 is 0. The molecular weight excluding hydrogens is 195 g/mol. The average molecular weight is 208 g/mol. The number of benzene rings is 1. The van der Waals surface area contributed by atoms with Gasteiger partial charge >= 0.3 is 0 Å². The van der Waals surface area contributed by atoms with E-state index in [1.54, 1.807) is 6.08 Å². The van der Waals surface area contributed by atoms with Gasteiger partial charge in [-0.1, -0.05) is 6.08 Å². The molecule has 0 heterocycles. The molecular formula is C11H13FN2O. The van der Waals surface area contributed by atoms with Crippen LogP contribution in [0.25, 0.3) is 0 Å². The van der Waals surface area contributed by atoms with Crippen LogP contribution < -0.4 is 11.1 Å². The Balaban J connectivity index is 2.69. The summed E-state index contributed by atoms with van der Waals surface area (Å²) in [5.41, 5.74) is 5.89. The summed E-state index contributed by atoms with van der Waals surface area (Å²) in [5, 5.41) is 2.62. The standard InChI is InChI=1S/C11H13FN2O/c1-2-3-4-14-11(15)8-5-9(12)7-10(13)6-8/h2,5-7H,1,3-4,13H2,(H,14,15). The fourth-order valence-corrected chi connectivity index (χ4v) is 1.13. The Labute approximate surface area is 87.8 Å². The molecule has 15 heavy (non-hydrogen) atoms. The van der Waals surface area contributed by atoms with Gasteiger partial charge in [-0.15, -0.1) is 6.58 Å². The maximum atomic E-state index is 12.9. The number of hydrogen-bond acceptors (Lipinski definition) is 2. The second-order valence-corrected chi connectivity index (χ2v) is 3.11. The molecule has 0 unspecified atom stereocenters. The van der Waals surface area contributed by atoms with E-state index in [2.05, 4.69) is 11.9 Å². The van der Waals surface area contributed by atoms with Crippen LogP contribution in [-0.4, -0.2) is 12.5 Å². The van der Waals surface area contributed by atoms with Gasteiger partial charge in [0.15, 0.2) is 0 Å². The van der Waals surface area contributed by atoms with Crippen LogP contribution in [0, 0.1) is 5.82 Å². The van der Waals surface area contributed by atoms with E-state index in [-0.39, 0.29) is 17.2 Å². The molecule has 0 saturated carbocycles. The summed E-state index contributed by atoms with van der Waals surface area (Å²) in [4.78, 5) is 11.5. The molecule has 0 aromatic heterocycles. The molecule has 1 aromatic rings. The Hall–Kier alpha value is -1.84. The number of carbonyl (C=O) groups is 1. The van der Waals surface area contributed by atoms with Crippen molar-refractivity contribution in [2.24, 2.45) is 0 Å². The van der Waals surface area contributed by atoms with Crippen molar-refractivity contribution >= 4 is 11.6 Å². The summed E-state index contributed by atoms with van der Waals surface area (Å²) in [6.45, 7) is 4.01. The lowest BCUT2D eigenvalue weighted by Crippen LogP contribution is -2.24. The summed E-state index contributed by atoms with van der Waals surface area (Å²) in [6.07, 6.45) is 2.37. The number of rotatable bonds is 4. The normalized spacial score (nSPS) is 9.67. The fraction of sp³-hybridized carbons (Fsp3) is 0.182. The molecule has 1 rings (SSSR count). The van der Waals surface area contributed by atoms with E-state index in [0.717, 1.165) is 6.07 Å². The zero-order valence-corrected chi connectivity index (χ0v) is 8.29. The number of hydrogen-bond donors (Lipinski definition) is 2. The molecule has 0 aliphatic carbocycles. The third-order valence-corrected chi connectivity index (χ3v) is 1.82. The first kappa shape index (κ1) is 11.2. The average Bonchev–Trinajstić information content (AvgIpc) is 2.16. The van der Waals surface area contributed by atoms with Crippen LogP contribution in [0.1, 0.15) is 16.8 Å². The molecule has 0 atom stereocenters. The van der Waals surface area contributed by atoms with Gasteiger partial charge in [-0.3, -0.25) is 4.79 Å². The summed E-state index contributed by atoms with van der Waals surface area (Å²) in [6, 6.07) is 3.76. The zero-order chi connectivity index (χ0) is 11.3. The largest absolute Gasteiger partial charge is 0.399 e. The molecule has 4 heteroatoms.